The largest absolute Gasteiger partial charge is 0.346 e. The fraction of sp³-hybridized carbons (Fsp3) is 0.444. The van der Waals surface area contributed by atoms with Gasteiger partial charge in [0.2, 0.25) is 17.0 Å². The van der Waals surface area contributed by atoms with Gasteiger partial charge in [0.25, 0.3) is 0 Å². The van der Waals surface area contributed by atoms with Gasteiger partial charge < -0.3 is 16.5 Å². The Morgan fingerprint density at radius 1 is 1.14 bits per heavy atom. The number of nitrogens with one attached hydrogen (secondary N) is 2. The summed E-state index contributed by atoms with van der Waals surface area (Å²) in [7, 11) is 0. The smallest absolute Gasteiger partial charge is 0.243 e. The number of nitrogen functional groups attached to an aromatic ring is 1. The molecule has 1 fully saturated rings. The minimum Gasteiger partial charge on any atom is -0.346 e. The quantitative estimate of drug-likeness (QED) is 0.479. The normalized spacial score (nSPS) is 14.6. The highest BCUT2D eigenvalue weighted by Crippen LogP contribution is 2.32. The van der Waals surface area contributed by atoms with Crippen molar-refractivity contribution in [1.29, 1.82) is 0 Å². The molecule has 2 amide bonds. The van der Waals surface area contributed by atoms with Gasteiger partial charge in [-0.05, 0) is 37.1 Å². The van der Waals surface area contributed by atoms with E-state index in [1.54, 1.807) is 0 Å². The number of hydrogen-bond acceptors (Lipinski definition) is 6. The SMILES string of the molecule is Nn1c(SCC(=O)NCC(=O)Nc2ccc(F)cc2)nnc1C1CCCCC1. The molecule has 150 valence electrons. The van der Waals surface area contributed by atoms with Crippen LogP contribution in [-0.2, 0) is 9.59 Å². The second-order valence-corrected chi connectivity index (χ2v) is 7.61. The van der Waals surface area contributed by atoms with E-state index in [1.807, 2.05) is 0 Å². The van der Waals surface area contributed by atoms with Gasteiger partial charge in [-0.2, -0.15) is 0 Å². The molecule has 0 radical (unpaired) electrons. The summed E-state index contributed by atoms with van der Waals surface area (Å²) < 4.78 is 14.3. The summed E-state index contributed by atoms with van der Waals surface area (Å²) in [6.45, 7) is -0.181. The molecule has 1 aliphatic rings. The lowest BCUT2D eigenvalue weighted by Crippen LogP contribution is -2.34. The van der Waals surface area contributed by atoms with Crippen LogP contribution in [0.5, 0.6) is 0 Å². The Hall–Kier alpha value is -2.62. The highest BCUT2D eigenvalue weighted by molar-refractivity contribution is 7.99. The number of carbonyl (C=O) groups is 2. The lowest BCUT2D eigenvalue weighted by Gasteiger charge is -2.20. The van der Waals surface area contributed by atoms with Crippen molar-refractivity contribution < 1.29 is 14.0 Å². The van der Waals surface area contributed by atoms with Crippen LogP contribution in [0.1, 0.15) is 43.8 Å². The number of aromatic nitrogens is 3. The molecule has 1 heterocycles. The number of carbonyl (C=O) groups excluding carboxylic acids is 2. The second-order valence-electron chi connectivity index (χ2n) is 6.67. The number of nitrogens with zero attached hydrogens (tertiary/aromatic N) is 3. The van der Waals surface area contributed by atoms with Crippen LogP contribution >= 0.6 is 11.8 Å². The van der Waals surface area contributed by atoms with Crippen molar-refractivity contribution in [2.24, 2.45) is 0 Å². The number of thioether (sulfide) groups is 1. The van der Waals surface area contributed by atoms with Gasteiger partial charge in [-0.15, -0.1) is 10.2 Å². The maximum absolute atomic E-state index is 12.8. The molecule has 1 aromatic heterocycles. The van der Waals surface area contributed by atoms with E-state index in [0.717, 1.165) is 18.7 Å². The Morgan fingerprint density at radius 2 is 1.86 bits per heavy atom. The first-order valence-corrected chi connectivity index (χ1v) is 10.2. The Balaban J connectivity index is 1.42. The molecular formula is C18H23FN6O2S. The van der Waals surface area contributed by atoms with E-state index in [9.17, 15) is 14.0 Å². The van der Waals surface area contributed by atoms with E-state index < -0.39 is 5.91 Å². The minimum absolute atomic E-state index is 0.0732. The molecule has 2 aromatic rings. The monoisotopic (exact) mass is 406 g/mol. The predicted molar refractivity (Wildman–Crippen MR) is 105 cm³/mol. The fourth-order valence-corrected chi connectivity index (χ4v) is 3.82. The molecule has 3 rings (SSSR count). The molecule has 0 bridgehead atoms. The molecule has 0 atom stereocenters. The average Bonchev–Trinajstić information content (AvgIpc) is 3.07. The molecule has 0 spiro atoms. The Bertz CT molecular complexity index is 820. The topological polar surface area (TPSA) is 115 Å². The third-order valence-corrected chi connectivity index (χ3v) is 5.51. The van der Waals surface area contributed by atoms with Gasteiger partial charge in [0.15, 0.2) is 5.82 Å². The molecule has 0 aliphatic heterocycles. The maximum Gasteiger partial charge on any atom is 0.243 e. The molecule has 1 saturated carbocycles. The summed E-state index contributed by atoms with van der Waals surface area (Å²) in [5.41, 5.74) is 0.460. The third-order valence-electron chi connectivity index (χ3n) is 4.57. The van der Waals surface area contributed by atoms with E-state index in [2.05, 4.69) is 20.8 Å². The van der Waals surface area contributed by atoms with E-state index in [0.29, 0.717) is 16.8 Å². The van der Waals surface area contributed by atoms with Gasteiger partial charge in [-0.1, -0.05) is 31.0 Å². The van der Waals surface area contributed by atoms with Crippen molar-refractivity contribution >= 4 is 29.3 Å². The maximum atomic E-state index is 12.8. The van der Waals surface area contributed by atoms with Crippen molar-refractivity contribution in [1.82, 2.24) is 20.2 Å². The van der Waals surface area contributed by atoms with Gasteiger partial charge in [0.1, 0.15) is 5.82 Å². The first-order valence-electron chi connectivity index (χ1n) is 9.18. The van der Waals surface area contributed by atoms with Crippen LogP contribution in [0, 0.1) is 5.82 Å². The molecular weight excluding hydrogens is 383 g/mol. The molecule has 1 aliphatic carbocycles. The molecule has 8 nitrogen and oxygen atoms in total. The molecule has 28 heavy (non-hydrogen) atoms. The van der Waals surface area contributed by atoms with Gasteiger partial charge >= 0.3 is 0 Å². The zero-order valence-corrected chi connectivity index (χ0v) is 16.2. The number of amides is 2. The van der Waals surface area contributed by atoms with Gasteiger partial charge in [-0.3, -0.25) is 9.59 Å². The lowest BCUT2D eigenvalue weighted by molar-refractivity contribution is -0.122. The molecule has 10 heteroatoms. The summed E-state index contributed by atoms with van der Waals surface area (Å²) in [5, 5.41) is 13.9. The Kier molecular flexibility index (Phi) is 6.85. The van der Waals surface area contributed by atoms with Gasteiger partial charge in [-0.25, -0.2) is 9.07 Å². The number of rotatable bonds is 7. The highest BCUT2D eigenvalue weighted by atomic mass is 32.2. The van der Waals surface area contributed by atoms with Crippen molar-refractivity contribution in [2.75, 3.05) is 23.5 Å². The van der Waals surface area contributed by atoms with Crippen LogP contribution in [-0.4, -0.2) is 39.0 Å². The van der Waals surface area contributed by atoms with Gasteiger partial charge in [0.05, 0.1) is 12.3 Å². The predicted octanol–water partition coefficient (Wildman–Crippen LogP) is 2.03. The van der Waals surface area contributed by atoms with E-state index in [1.165, 1.54) is 60.0 Å². The van der Waals surface area contributed by atoms with Crippen molar-refractivity contribution in [3.63, 3.8) is 0 Å². The van der Waals surface area contributed by atoms with Crippen LogP contribution in [0.4, 0.5) is 10.1 Å². The third kappa shape index (κ3) is 5.44. The van der Waals surface area contributed by atoms with Crippen molar-refractivity contribution in [3.8, 4) is 0 Å². The molecule has 4 N–H and O–H groups in total. The van der Waals surface area contributed by atoms with Crippen LogP contribution in [0.25, 0.3) is 0 Å². The van der Waals surface area contributed by atoms with E-state index in [4.69, 9.17) is 5.84 Å². The standard InChI is InChI=1S/C18H23FN6O2S/c19-13-6-8-14(9-7-13)22-15(26)10-21-16(27)11-28-18-24-23-17(25(18)20)12-4-2-1-3-5-12/h6-9,12H,1-5,10-11,20H2,(H,21,27)(H,22,26). The fourth-order valence-electron chi connectivity index (χ4n) is 3.12. The van der Waals surface area contributed by atoms with Crippen molar-refractivity contribution in [2.45, 2.75) is 43.2 Å². The minimum atomic E-state index is -0.397. The molecule has 1 aromatic carbocycles. The number of hydrogen-bond donors (Lipinski definition) is 3. The van der Waals surface area contributed by atoms with Crippen LogP contribution in [0.2, 0.25) is 0 Å². The molecule has 0 saturated heterocycles. The van der Waals surface area contributed by atoms with E-state index >= 15 is 0 Å². The summed E-state index contributed by atoms with van der Waals surface area (Å²) in [6.07, 6.45) is 5.70. The Labute approximate surface area is 166 Å². The number of anilines is 1. The summed E-state index contributed by atoms with van der Waals surface area (Å²) in [4.78, 5) is 23.8. The van der Waals surface area contributed by atoms with Crippen LogP contribution in [0.15, 0.2) is 29.4 Å². The molecule has 0 unspecified atom stereocenters. The summed E-state index contributed by atoms with van der Waals surface area (Å²) >= 11 is 1.18. The number of benzene rings is 1. The lowest BCUT2D eigenvalue weighted by atomic mass is 9.89. The zero-order chi connectivity index (χ0) is 19.9. The van der Waals surface area contributed by atoms with Crippen molar-refractivity contribution in [3.05, 3.63) is 35.9 Å². The van der Waals surface area contributed by atoms with Crippen LogP contribution < -0.4 is 16.5 Å². The van der Waals surface area contributed by atoms with E-state index in [-0.39, 0.29) is 24.0 Å². The summed E-state index contributed by atoms with van der Waals surface area (Å²) in [6, 6.07) is 5.39. The Morgan fingerprint density at radius 3 is 2.57 bits per heavy atom. The number of halogens is 1. The van der Waals surface area contributed by atoms with Crippen LogP contribution in [0.3, 0.4) is 0 Å². The van der Waals surface area contributed by atoms with Gasteiger partial charge in [0, 0.05) is 11.6 Å². The zero-order valence-electron chi connectivity index (χ0n) is 15.4. The number of nitrogens with two attached hydrogens (primary N) is 1. The first-order chi connectivity index (χ1) is 13.5. The highest BCUT2D eigenvalue weighted by Gasteiger charge is 2.22. The summed E-state index contributed by atoms with van der Waals surface area (Å²) in [5.74, 6) is 6.15. The average molecular weight is 406 g/mol. The second kappa shape index (κ2) is 9.54. The first kappa shape index (κ1) is 20.1.